The predicted molar refractivity (Wildman–Crippen MR) is 94.6 cm³/mol. The summed E-state index contributed by atoms with van der Waals surface area (Å²) in [5.74, 6) is 3.77. The number of nitrogens with one attached hydrogen (secondary N) is 1. The smallest absolute Gasteiger partial charge is 0.237 e. The van der Waals surface area contributed by atoms with Gasteiger partial charge in [-0.05, 0) is 31.0 Å². The van der Waals surface area contributed by atoms with Gasteiger partial charge in [0.25, 0.3) is 0 Å². The minimum Gasteiger partial charge on any atom is -0.493 e. The van der Waals surface area contributed by atoms with E-state index in [9.17, 15) is 4.79 Å². The van der Waals surface area contributed by atoms with Gasteiger partial charge < -0.3 is 14.8 Å². The van der Waals surface area contributed by atoms with Gasteiger partial charge in [0.05, 0.1) is 20.3 Å². The quantitative estimate of drug-likeness (QED) is 0.822. The molecule has 1 aromatic carbocycles. The largest absolute Gasteiger partial charge is 0.493 e. The highest BCUT2D eigenvalue weighted by Gasteiger charge is 2.22. The Morgan fingerprint density at radius 2 is 1.96 bits per heavy atom. The number of methoxy groups -OCH3 is 2. The zero-order valence-electron chi connectivity index (χ0n) is 14.1. The molecule has 1 amide bonds. The SMILES string of the molecule is COc1ccc(CCNC(=O)C(C)N2CCSCC2)cc1OC. The molecule has 1 aliphatic rings. The Morgan fingerprint density at radius 1 is 1.26 bits per heavy atom. The normalized spacial score (nSPS) is 16.7. The number of rotatable bonds is 7. The lowest BCUT2D eigenvalue weighted by Gasteiger charge is -2.31. The van der Waals surface area contributed by atoms with Crippen LogP contribution in [0.5, 0.6) is 11.5 Å². The average Bonchev–Trinajstić information content (AvgIpc) is 2.61. The van der Waals surface area contributed by atoms with Crippen molar-refractivity contribution in [2.45, 2.75) is 19.4 Å². The Hall–Kier alpha value is -1.40. The highest BCUT2D eigenvalue weighted by Crippen LogP contribution is 2.27. The van der Waals surface area contributed by atoms with E-state index >= 15 is 0 Å². The number of hydrogen-bond donors (Lipinski definition) is 1. The van der Waals surface area contributed by atoms with Gasteiger partial charge in [-0.2, -0.15) is 11.8 Å². The molecule has 1 atom stereocenters. The van der Waals surface area contributed by atoms with E-state index in [1.54, 1.807) is 14.2 Å². The molecule has 1 aliphatic heterocycles. The third-order valence-electron chi connectivity index (χ3n) is 4.13. The standard InChI is InChI=1S/C17H26N2O3S/c1-13(19-8-10-23-11-9-19)17(20)18-7-6-14-4-5-15(21-2)16(12-14)22-3/h4-5,12-13H,6-11H2,1-3H3,(H,18,20). The maximum absolute atomic E-state index is 12.3. The predicted octanol–water partition coefficient (Wildman–Crippen LogP) is 1.80. The van der Waals surface area contributed by atoms with Gasteiger partial charge in [-0.25, -0.2) is 0 Å². The van der Waals surface area contributed by atoms with E-state index in [4.69, 9.17) is 9.47 Å². The van der Waals surface area contributed by atoms with Crippen LogP contribution < -0.4 is 14.8 Å². The molecule has 2 rings (SSSR count). The number of amides is 1. The third-order valence-corrected chi connectivity index (χ3v) is 5.08. The molecule has 1 N–H and O–H groups in total. The van der Waals surface area contributed by atoms with Crippen molar-refractivity contribution in [3.63, 3.8) is 0 Å². The molecule has 1 heterocycles. The molecule has 0 aliphatic carbocycles. The number of hydrogen-bond acceptors (Lipinski definition) is 5. The molecular formula is C17H26N2O3S. The van der Waals surface area contributed by atoms with Crippen LogP contribution in [0.15, 0.2) is 18.2 Å². The Labute approximate surface area is 142 Å². The molecule has 0 bridgehead atoms. The molecule has 0 aromatic heterocycles. The minimum absolute atomic E-state index is 0.0543. The topological polar surface area (TPSA) is 50.8 Å². The maximum atomic E-state index is 12.3. The van der Waals surface area contributed by atoms with Gasteiger partial charge in [0.2, 0.25) is 5.91 Å². The van der Waals surface area contributed by atoms with Crippen molar-refractivity contribution in [3.05, 3.63) is 23.8 Å². The lowest BCUT2D eigenvalue weighted by molar-refractivity contribution is -0.125. The molecule has 1 fully saturated rings. The van der Waals surface area contributed by atoms with E-state index in [1.807, 2.05) is 36.9 Å². The van der Waals surface area contributed by atoms with Gasteiger partial charge in [-0.15, -0.1) is 0 Å². The molecule has 0 saturated carbocycles. The van der Waals surface area contributed by atoms with Crippen molar-refractivity contribution in [1.29, 1.82) is 0 Å². The second-order valence-electron chi connectivity index (χ2n) is 5.55. The van der Waals surface area contributed by atoms with Crippen LogP contribution in [0.2, 0.25) is 0 Å². The fraction of sp³-hybridized carbons (Fsp3) is 0.588. The van der Waals surface area contributed by atoms with E-state index in [2.05, 4.69) is 10.2 Å². The maximum Gasteiger partial charge on any atom is 0.237 e. The number of carbonyl (C=O) groups is 1. The third kappa shape index (κ3) is 5.04. The van der Waals surface area contributed by atoms with Crippen LogP contribution in [0.4, 0.5) is 0 Å². The fourth-order valence-corrected chi connectivity index (χ4v) is 3.58. The number of benzene rings is 1. The second-order valence-corrected chi connectivity index (χ2v) is 6.78. The zero-order chi connectivity index (χ0) is 16.7. The highest BCUT2D eigenvalue weighted by molar-refractivity contribution is 7.99. The first-order valence-electron chi connectivity index (χ1n) is 7.96. The summed E-state index contributed by atoms with van der Waals surface area (Å²) in [4.78, 5) is 14.5. The van der Waals surface area contributed by atoms with E-state index in [0.717, 1.165) is 48.1 Å². The number of carbonyl (C=O) groups excluding carboxylic acids is 1. The molecule has 1 aromatic rings. The second kappa shape index (κ2) is 9.03. The molecule has 0 spiro atoms. The van der Waals surface area contributed by atoms with E-state index in [0.29, 0.717) is 6.54 Å². The van der Waals surface area contributed by atoms with Crippen LogP contribution >= 0.6 is 11.8 Å². The molecular weight excluding hydrogens is 312 g/mol. The first-order chi connectivity index (χ1) is 11.2. The van der Waals surface area contributed by atoms with Gasteiger partial charge >= 0.3 is 0 Å². The average molecular weight is 338 g/mol. The summed E-state index contributed by atoms with van der Waals surface area (Å²) in [6.45, 7) is 4.60. The summed E-state index contributed by atoms with van der Waals surface area (Å²) in [6.07, 6.45) is 0.772. The molecule has 5 nitrogen and oxygen atoms in total. The van der Waals surface area contributed by atoms with Crippen molar-refractivity contribution in [2.24, 2.45) is 0 Å². The van der Waals surface area contributed by atoms with Gasteiger partial charge in [0.15, 0.2) is 11.5 Å². The zero-order valence-corrected chi connectivity index (χ0v) is 14.9. The number of ether oxygens (including phenoxy) is 2. The van der Waals surface area contributed by atoms with Crippen LogP contribution in [0, 0.1) is 0 Å². The Balaban J connectivity index is 1.80. The Kier molecular flexibility index (Phi) is 7.05. The minimum atomic E-state index is -0.0543. The molecule has 1 unspecified atom stereocenters. The highest BCUT2D eigenvalue weighted by atomic mass is 32.2. The van der Waals surface area contributed by atoms with Gasteiger partial charge in [-0.3, -0.25) is 9.69 Å². The van der Waals surface area contributed by atoms with E-state index < -0.39 is 0 Å². The molecule has 1 saturated heterocycles. The number of nitrogens with zero attached hydrogens (tertiary/aromatic N) is 1. The lowest BCUT2D eigenvalue weighted by Crippen LogP contribution is -2.48. The Morgan fingerprint density at radius 3 is 2.61 bits per heavy atom. The number of thioether (sulfide) groups is 1. The lowest BCUT2D eigenvalue weighted by atomic mass is 10.1. The molecule has 0 radical (unpaired) electrons. The van der Waals surface area contributed by atoms with Crippen molar-refractivity contribution in [3.8, 4) is 11.5 Å². The van der Waals surface area contributed by atoms with E-state index in [-0.39, 0.29) is 11.9 Å². The van der Waals surface area contributed by atoms with E-state index in [1.165, 1.54) is 0 Å². The van der Waals surface area contributed by atoms with Crippen molar-refractivity contribution in [1.82, 2.24) is 10.2 Å². The van der Waals surface area contributed by atoms with Crippen LogP contribution in [-0.4, -0.2) is 62.2 Å². The summed E-state index contributed by atoms with van der Waals surface area (Å²) < 4.78 is 10.5. The summed E-state index contributed by atoms with van der Waals surface area (Å²) in [5, 5.41) is 3.03. The van der Waals surface area contributed by atoms with Crippen LogP contribution in [0.3, 0.4) is 0 Å². The van der Waals surface area contributed by atoms with Crippen LogP contribution in [0.1, 0.15) is 12.5 Å². The first kappa shape index (κ1) is 17.9. The Bertz CT molecular complexity index is 519. The van der Waals surface area contributed by atoms with Crippen molar-refractivity contribution >= 4 is 17.7 Å². The fourth-order valence-electron chi connectivity index (χ4n) is 2.64. The van der Waals surface area contributed by atoms with Crippen LogP contribution in [-0.2, 0) is 11.2 Å². The molecule has 6 heteroatoms. The monoisotopic (exact) mass is 338 g/mol. The van der Waals surface area contributed by atoms with Gasteiger partial charge in [-0.1, -0.05) is 6.07 Å². The summed E-state index contributed by atoms with van der Waals surface area (Å²) >= 11 is 1.95. The summed E-state index contributed by atoms with van der Waals surface area (Å²) in [6, 6.07) is 5.79. The summed E-state index contributed by atoms with van der Waals surface area (Å²) in [5.41, 5.74) is 1.12. The van der Waals surface area contributed by atoms with Crippen molar-refractivity contribution in [2.75, 3.05) is 45.4 Å². The van der Waals surface area contributed by atoms with Crippen molar-refractivity contribution < 1.29 is 14.3 Å². The van der Waals surface area contributed by atoms with Crippen LogP contribution in [0.25, 0.3) is 0 Å². The first-order valence-corrected chi connectivity index (χ1v) is 9.11. The molecule has 128 valence electrons. The molecule has 23 heavy (non-hydrogen) atoms. The summed E-state index contributed by atoms with van der Waals surface area (Å²) in [7, 11) is 3.25. The van der Waals surface area contributed by atoms with Gasteiger partial charge in [0, 0.05) is 31.1 Å². The van der Waals surface area contributed by atoms with Gasteiger partial charge in [0.1, 0.15) is 0 Å².